The minimum Gasteiger partial charge on any atom is -0.457 e. The highest BCUT2D eigenvalue weighted by Crippen LogP contribution is 2.34. The first-order valence-corrected chi connectivity index (χ1v) is 8.94. The Kier molecular flexibility index (Phi) is 4.89. The lowest BCUT2D eigenvalue weighted by Crippen LogP contribution is -2.06. The van der Waals surface area contributed by atoms with Gasteiger partial charge in [0.05, 0.1) is 0 Å². The second-order valence-electron chi connectivity index (χ2n) is 6.31. The van der Waals surface area contributed by atoms with Gasteiger partial charge in [0.1, 0.15) is 17.3 Å². The molecule has 0 fully saturated rings. The van der Waals surface area contributed by atoms with Gasteiger partial charge in [-0.3, -0.25) is 4.79 Å². The molecule has 28 heavy (non-hydrogen) atoms. The lowest BCUT2D eigenvalue weighted by Gasteiger charge is -2.13. The molecule has 0 radical (unpaired) electrons. The number of nitrogens with zero attached hydrogens (tertiary/aromatic N) is 1. The zero-order valence-corrected chi connectivity index (χ0v) is 15.3. The lowest BCUT2D eigenvalue weighted by molar-refractivity contribution is -0.114. The minimum atomic E-state index is -0.107. The zero-order chi connectivity index (χ0) is 19.3. The summed E-state index contributed by atoms with van der Waals surface area (Å²) in [5.74, 6) is 1.97. The van der Waals surface area contributed by atoms with Crippen LogP contribution in [0.15, 0.2) is 85.1 Å². The fourth-order valence-corrected chi connectivity index (χ4v) is 3.00. The summed E-state index contributed by atoms with van der Waals surface area (Å²) >= 11 is 0. The molecule has 1 amide bonds. The van der Waals surface area contributed by atoms with E-state index in [0.717, 1.165) is 22.1 Å². The van der Waals surface area contributed by atoms with Gasteiger partial charge in [-0.05, 0) is 30.3 Å². The molecule has 5 heteroatoms. The van der Waals surface area contributed by atoms with E-state index < -0.39 is 0 Å². The summed E-state index contributed by atoms with van der Waals surface area (Å²) in [5, 5.41) is 7.96. The van der Waals surface area contributed by atoms with Crippen molar-refractivity contribution < 1.29 is 9.53 Å². The topological polar surface area (TPSA) is 63.2 Å². The number of carbonyl (C=O) groups excluding carboxylic acids is 1. The fourth-order valence-electron chi connectivity index (χ4n) is 3.00. The maximum absolute atomic E-state index is 11.5. The third-order valence-corrected chi connectivity index (χ3v) is 4.20. The Hall–Kier alpha value is -3.86. The standard InChI is InChI=1S/C23H19N3O2/c1-16(27)25-21-11-12-22(20-10-6-5-9-19(20)21)28-18-13-14-24-23(15-18)26-17-7-3-2-4-8-17/h2-15H,1H3,(H,24,26)(H,25,27). The smallest absolute Gasteiger partial charge is 0.221 e. The summed E-state index contributed by atoms with van der Waals surface area (Å²) in [6, 6.07) is 25.0. The normalized spacial score (nSPS) is 10.5. The van der Waals surface area contributed by atoms with Crippen molar-refractivity contribution >= 4 is 33.9 Å². The van der Waals surface area contributed by atoms with Gasteiger partial charge in [-0.15, -0.1) is 0 Å². The van der Waals surface area contributed by atoms with E-state index in [0.29, 0.717) is 17.3 Å². The van der Waals surface area contributed by atoms with Crippen LogP contribution in [0.25, 0.3) is 10.8 Å². The second-order valence-corrected chi connectivity index (χ2v) is 6.31. The third-order valence-electron chi connectivity index (χ3n) is 4.20. The number of hydrogen-bond acceptors (Lipinski definition) is 4. The molecule has 0 aliphatic heterocycles. The largest absolute Gasteiger partial charge is 0.457 e. The molecule has 4 rings (SSSR count). The Labute approximate surface area is 163 Å². The Bertz CT molecular complexity index is 1130. The molecule has 0 saturated carbocycles. The molecule has 138 valence electrons. The van der Waals surface area contributed by atoms with Gasteiger partial charge in [0.2, 0.25) is 5.91 Å². The van der Waals surface area contributed by atoms with Crippen LogP contribution in [-0.4, -0.2) is 10.9 Å². The summed E-state index contributed by atoms with van der Waals surface area (Å²) in [5.41, 5.74) is 1.72. The lowest BCUT2D eigenvalue weighted by atomic mass is 10.1. The van der Waals surface area contributed by atoms with E-state index in [1.807, 2.05) is 78.9 Å². The maximum Gasteiger partial charge on any atom is 0.221 e. The van der Waals surface area contributed by atoms with Gasteiger partial charge >= 0.3 is 0 Å². The van der Waals surface area contributed by atoms with Gasteiger partial charge in [0, 0.05) is 41.3 Å². The van der Waals surface area contributed by atoms with Gasteiger partial charge in [-0.2, -0.15) is 0 Å². The molecule has 1 aromatic heterocycles. The van der Waals surface area contributed by atoms with Crippen LogP contribution >= 0.6 is 0 Å². The van der Waals surface area contributed by atoms with Crippen molar-refractivity contribution in [1.29, 1.82) is 0 Å². The van der Waals surface area contributed by atoms with Gasteiger partial charge < -0.3 is 15.4 Å². The molecule has 0 unspecified atom stereocenters. The molecule has 0 spiro atoms. The predicted octanol–water partition coefficient (Wildman–Crippen LogP) is 5.73. The van der Waals surface area contributed by atoms with E-state index >= 15 is 0 Å². The Morgan fingerprint density at radius 2 is 1.64 bits per heavy atom. The van der Waals surface area contributed by atoms with Gasteiger partial charge in [-0.1, -0.05) is 42.5 Å². The van der Waals surface area contributed by atoms with Crippen LogP contribution in [0.2, 0.25) is 0 Å². The molecule has 2 N–H and O–H groups in total. The number of para-hydroxylation sites is 1. The monoisotopic (exact) mass is 369 g/mol. The van der Waals surface area contributed by atoms with Gasteiger partial charge in [0.25, 0.3) is 0 Å². The van der Waals surface area contributed by atoms with Crippen molar-refractivity contribution in [3.05, 3.63) is 85.1 Å². The number of carbonyl (C=O) groups is 1. The number of aromatic nitrogens is 1. The summed E-state index contributed by atoms with van der Waals surface area (Å²) in [4.78, 5) is 15.8. The number of anilines is 3. The van der Waals surface area contributed by atoms with Crippen molar-refractivity contribution in [2.45, 2.75) is 6.92 Å². The van der Waals surface area contributed by atoms with E-state index in [-0.39, 0.29) is 5.91 Å². The van der Waals surface area contributed by atoms with Crippen LogP contribution < -0.4 is 15.4 Å². The van der Waals surface area contributed by atoms with E-state index in [1.165, 1.54) is 6.92 Å². The van der Waals surface area contributed by atoms with E-state index in [2.05, 4.69) is 15.6 Å². The average molecular weight is 369 g/mol. The molecule has 0 aliphatic rings. The number of amides is 1. The summed E-state index contributed by atoms with van der Waals surface area (Å²) < 4.78 is 6.14. The number of hydrogen-bond donors (Lipinski definition) is 2. The SMILES string of the molecule is CC(=O)Nc1ccc(Oc2ccnc(Nc3ccccc3)c2)c2ccccc12. The van der Waals surface area contributed by atoms with Crippen molar-refractivity contribution in [2.24, 2.45) is 0 Å². The summed E-state index contributed by atoms with van der Waals surface area (Å²) in [7, 11) is 0. The van der Waals surface area contributed by atoms with Crippen molar-refractivity contribution in [2.75, 3.05) is 10.6 Å². The zero-order valence-electron chi connectivity index (χ0n) is 15.3. The first-order valence-electron chi connectivity index (χ1n) is 8.94. The molecular formula is C23H19N3O2. The van der Waals surface area contributed by atoms with Crippen LogP contribution in [0.4, 0.5) is 17.2 Å². The third kappa shape index (κ3) is 3.94. The van der Waals surface area contributed by atoms with Crippen LogP contribution in [0.5, 0.6) is 11.5 Å². The number of benzene rings is 3. The van der Waals surface area contributed by atoms with E-state index in [9.17, 15) is 4.79 Å². The molecule has 1 heterocycles. The van der Waals surface area contributed by atoms with Crippen LogP contribution in [-0.2, 0) is 4.79 Å². The highest BCUT2D eigenvalue weighted by atomic mass is 16.5. The highest BCUT2D eigenvalue weighted by Gasteiger charge is 2.09. The number of fused-ring (bicyclic) bond motifs is 1. The second kappa shape index (κ2) is 7.80. The molecule has 0 saturated heterocycles. The molecule has 4 aromatic rings. The van der Waals surface area contributed by atoms with E-state index in [4.69, 9.17) is 4.74 Å². The Morgan fingerprint density at radius 3 is 2.43 bits per heavy atom. The van der Waals surface area contributed by atoms with Crippen molar-refractivity contribution in [3.63, 3.8) is 0 Å². The van der Waals surface area contributed by atoms with Crippen LogP contribution in [0.3, 0.4) is 0 Å². The Morgan fingerprint density at radius 1 is 0.893 bits per heavy atom. The first-order chi connectivity index (χ1) is 13.7. The van der Waals surface area contributed by atoms with Crippen molar-refractivity contribution in [3.8, 4) is 11.5 Å². The molecule has 0 bridgehead atoms. The molecule has 3 aromatic carbocycles. The average Bonchev–Trinajstić information content (AvgIpc) is 2.71. The number of nitrogens with one attached hydrogen (secondary N) is 2. The maximum atomic E-state index is 11.5. The van der Waals surface area contributed by atoms with Gasteiger partial charge in [-0.25, -0.2) is 4.98 Å². The summed E-state index contributed by atoms with van der Waals surface area (Å²) in [6.07, 6.45) is 1.70. The number of rotatable bonds is 5. The van der Waals surface area contributed by atoms with Crippen LogP contribution in [0, 0.1) is 0 Å². The fraction of sp³-hybridized carbons (Fsp3) is 0.0435. The van der Waals surface area contributed by atoms with E-state index in [1.54, 1.807) is 6.20 Å². The van der Waals surface area contributed by atoms with Crippen molar-refractivity contribution in [1.82, 2.24) is 4.98 Å². The predicted molar refractivity (Wildman–Crippen MR) is 112 cm³/mol. The molecule has 5 nitrogen and oxygen atoms in total. The first kappa shape index (κ1) is 17.5. The van der Waals surface area contributed by atoms with Gasteiger partial charge in [0.15, 0.2) is 0 Å². The molecule has 0 aliphatic carbocycles. The molecule has 0 atom stereocenters. The highest BCUT2D eigenvalue weighted by molar-refractivity contribution is 6.03. The minimum absolute atomic E-state index is 0.107. The van der Waals surface area contributed by atoms with Crippen LogP contribution in [0.1, 0.15) is 6.92 Å². The Balaban J connectivity index is 1.63. The number of pyridine rings is 1. The molecular weight excluding hydrogens is 350 g/mol. The quantitative estimate of drug-likeness (QED) is 0.472. The summed E-state index contributed by atoms with van der Waals surface area (Å²) in [6.45, 7) is 1.50. The number of ether oxygens (including phenoxy) is 1.